The molecule has 0 saturated carbocycles. The quantitative estimate of drug-likeness (QED) is 0.423. The van der Waals surface area contributed by atoms with Crippen molar-refractivity contribution in [2.45, 2.75) is 18.9 Å². The normalized spacial score (nSPS) is 17.9. The van der Waals surface area contributed by atoms with Gasteiger partial charge in [-0.2, -0.15) is 0 Å². The first-order chi connectivity index (χ1) is 16.9. The Kier molecular flexibility index (Phi) is 7.00. The van der Waals surface area contributed by atoms with Crippen LogP contribution in [-0.4, -0.2) is 35.7 Å². The van der Waals surface area contributed by atoms with Gasteiger partial charge in [0.05, 0.1) is 12.8 Å². The standard InChI is InChI=1S/C28H28N2O5/c1-19(8-6-7-17-31)28(34)24-18-21(29-26(32)20-11-14-23(35-2)15-12-20)13-16-25(24)30(27(28)33)22-9-4-3-5-10-22/h3-6,8-16,18-19,31,34H,7,17H2,1-2H3,(H,29,32)/b8-6+/t19-,28+/m0/s1. The van der Waals surface area contributed by atoms with Crippen LogP contribution in [-0.2, 0) is 10.4 Å². The second-order valence-corrected chi connectivity index (χ2v) is 8.39. The number of carbonyl (C=O) groups excluding carboxylic acids is 2. The van der Waals surface area contributed by atoms with Crippen LogP contribution >= 0.6 is 0 Å². The van der Waals surface area contributed by atoms with Crippen molar-refractivity contribution in [1.82, 2.24) is 0 Å². The molecular weight excluding hydrogens is 444 g/mol. The fourth-order valence-electron chi connectivity index (χ4n) is 4.24. The molecule has 1 aliphatic heterocycles. The average molecular weight is 473 g/mol. The van der Waals surface area contributed by atoms with Crippen molar-refractivity contribution in [3.8, 4) is 5.75 Å². The number of anilines is 3. The van der Waals surface area contributed by atoms with Crippen LogP contribution in [0.3, 0.4) is 0 Å². The van der Waals surface area contributed by atoms with Crippen molar-refractivity contribution in [3.63, 3.8) is 0 Å². The van der Waals surface area contributed by atoms with E-state index >= 15 is 0 Å². The van der Waals surface area contributed by atoms with Gasteiger partial charge in [-0.15, -0.1) is 0 Å². The third kappa shape index (κ3) is 4.56. The number of methoxy groups -OCH3 is 1. The highest BCUT2D eigenvalue weighted by Gasteiger charge is 2.53. The smallest absolute Gasteiger partial charge is 0.268 e. The molecule has 1 heterocycles. The van der Waals surface area contributed by atoms with Crippen LogP contribution in [0.15, 0.2) is 84.9 Å². The summed E-state index contributed by atoms with van der Waals surface area (Å²) in [4.78, 5) is 28.0. The number of carbonyl (C=O) groups is 2. The molecular formula is C28H28N2O5. The molecule has 0 radical (unpaired) electrons. The van der Waals surface area contributed by atoms with Crippen LogP contribution < -0.4 is 15.0 Å². The Hall–Kier alpha value is -3.94. The Labute approximate surface area is 204 Å². The monoisotopic (exact) mass is 472 g/mol. The van der Waals surface area contributed by atoms with Crippen molar-refractivity contribution in [1.29, 1.82) is 0 Å². The van der Waals surface area contributed by atoms with E-state index in [4.69, 9.17) is 9.84 Å². The number of nitrogens with one attached hydrogen (secondary N) is 1. The minimum atomic E-state index is -1.85. The van der Waals surface area contributed by atoms with E-state index in [1.165, 1.54) is 4.90 Å². The van der Waals surface area contributed by atoms with Crippen LogP contribution in [0.2, 0.25) is 0 Å². The lowest BCUT2D eigenvalue weighted by Gasteiger charge is -2.27. The number of ether oxygens (including phenoxy) is 1. The molecule has 4 rings (SSSR count). The third-order valence-corrected chi connectivity index (χ3v) is 6.18. The minimum absolute atomic E-state index is 0.0239. The molecule has 0 fully saturated rings. The topological polar surface area (TPSA) is 99.1 Å². The fourth-order valence-corrected chi connectivity index (χ4v) is 4.24. The van der Waals surface area contributed by atoms with Gasteiger partial charge in [0.2, 0.25) is 0 Å². The number of hydrogen-bond donors (Lipinski definition) is 3. The second-order valence-electron chi connectivity index (χ2n) is 8.39. The number of rotatable bonds is 8. The van der Waals surface area contributed by atoms with Crippen molar-refractivity contribution in [2.24, 2.45) is 5.92 Å². The van der Waals surface area contributed by atoms with Gasteiger partial charge in [0.25, 0.3) is 11.8 Å². The number of nitrogens with zero attached hydrogens (tertiary/aromatic N) is 1. The fraction of sp³-hybridized carbons (Fsp3) is 0.214. The van der Waals surface area contributed by atoms with E-state index in [9.17, 15) is 14.7 Å². The van der Waals surface area contributed by atoms with Gasteiger partial charge in [0.15, 0.2) is 5.60 Å². The van der Waals surface area contributed by atoms with E-state index in [1.807, 2.05) is 18.2 Å². The lowest BCUT2D eigenvalue weighted by atomic mass is 9.82. The summed E-state index contributed by atoms with van der Waals surface area (Å²) >= 11 is 0. The minimum Gasteiger partial charge on any atom is -0.497 e. The summed E-state index contributed by atoms with van der Waals surface area (Å²) in [6.45, 7) is 1.73. The largest absolute Gasteiger partial charge is 0.497 e. The molecule has 0 bridgehead atoms. The van der Waals surface area contributed by atoms with Crippen molar-refractivity contribution in [2.75, 3.05) is 23.9 Å². The molecule has 180 valence electrons. The van der Waals surface area contributed by atoms with E-state index < -0.39 is 17.4 Å². The van der Waals surface area contributed by atoms with Crippen LogP contribution in [0.4, 0.5) is 17.1 Å². The molecule has 0 unspecified atom stereocenters. The molecule has 2 atom stereocenters. The molecule has 2 amide bonds. The highest BCUT2D eigenvalue weighted by Crippen LogP contribution is 2.49. The summed E-state index contributed by atoms with van der Waals surface area (Å²) in [7, 11) is 1.56. The van der Waals surface area contributed by atoms with Crippen LogP contribution in [0.25, 0.3) is 0 Å². The maximum absolute atomic E-state index is 13.7. The van der Waals surface area contributed by atoms with Gasteiger partial charge < -0.3 is 20.3 Å². The second kappa shape index (κ2) is 10.1. The molecule has 1 aliphatic rings. The van der Waals surface area contributed by atoms with Gasteiger partial charge in [-0.05, 0) is 61.0 Å². The average Bonchev–Trinajstić information content (AvgIpc) is 3.11. The van der Waals surface area contributed by atoms with E-state index in [2.05, 4.69) is 5.32 Å². The Morgan fingerprint density at radius 1 is 1.11 bits per heavy atom. The van der Waals surface area contributed by atoms with E-state index in [0.29, 0.717) is 40.4 Å². The predicted octanol–water partition coefficient (Wildman–Crippen LogP) is 4.39. The molecule has 3 aromatic carbocycles. The number of fused-ring (bicyclic) bond motifs is 1. The van der Waals surface area contributed by atoms with Gasteiger partial charge in [0, 0.05) is 35.0 Å². The number of amides is 2. The summed E-state index contributed by atoms with van der Waals surface area (Å²) in [6.07, 6.45) is 3.90. The summed E-state index contributed by atoms with van der Waals surface area (Å²) in [5.41, 5.74) is 0.642. The molecule has 7 nitrogen and oxygen atoms in total. The number of aliphatic hydroxyl groups excluding tert-OH is 1. The maximum Gasteiger partial charge on any atom is 0.268 e. The van der Waals surface area contributed by atoms with Crippen molar-refractivity contribution in [3.05, 3.63) is 96.1 Å². The Bertz CT molecular complexity index is 1240. The Balaban J connectivity index is 1.72. The summed E-state index contributed by atoms with van der Waals surface area (Å²) in [5, 5.41) is 23.8. The van der Waals surface area contributed by atoms with Crippen molar-refractivity contribution < 1.29 is 24.5 Å². The number of para-hydroxylation sites is 1. The Morgan fingerprint density at radius 2 is 1.83 bits per heavy atom. The zero-order chi connectivity index (χ0) is 25.0. The third-order valence-electron chi connectivity index (χ3n) is 6.18. The maximum atomic E-state index is 13.7. The van der Waals surface area contributed by atoms with E-state index in [-0.39, 0.29) is 12.5 Å². The molecule has 0 spiro atoms. The number of benzene rings is 3. The van der Waals surface area contributed by atoms with Crippen LogP contribution in [0.1, 0.15) is 29.3 Å². The van der Waals surface area contributed by atoms with E-state index in [1.54, 1.807) is 80.8 Å². The lowest BCUT2D eigenvalue weighted by Crippen LogP contribution is -2.42. The molecule has 35 heavy (non-hydrogen) atoms. The lowest BCUT2D eigenvalue weighted by molar-refractivity contribution is -0.138. The summed E-state index contributed by atoms with van der Waals surface area (Å²) in [6, 6.07) is 20.9. The molecule has 0 aliphatic carbocycles. The first-order valence-corrected chi connectivity index (χ1v) is 11.4. The predicted molar refractivity (Wildman–Crippen MR) is 135 cm³/mol. The highest BCUT2D eigenvalue weighted by molar-refractivity contribution is 6.13. The zero-order valence-corrected chi connectivity index (χ0v) is 19.6. The molecule has 7 heteroatoms. The van der Waals surface area contributed by atoms with E-state index in [0.717, 1.165) is 0 Å². The molecule has 0 saturated heterocycles. The SMILES string of the molecule is COc1ccc(C(=O)Nc2ccc3c(c2)[C@](O)([C@@H](C)/C=C/CCO)C(=O)N3c2ccccc2)cc1. The zero-order valence-electron chi connectivity index (χ0n) is 19.6. The summed E-state index contributed by atoms with van der Waals surface area (Å²) < 4.78 is 5.14. The molecule has 3 aromatic rings. The highest BCUT2D eigenvalue weighted by atomic mass is 16.5. The van der Waals surface area contributed by atoms with Gasteiger partial charge in [0.1, 0.15) is 5.75 Å². The Morgan fingerprint density at radius 3 is 2.49 bits per heavy atom. The number of aliphatic hydroxyl groups is 2. The van der Waals surface area contributed by atoms with Gasteiger partial charge in [-0.25, -0.2) is 0 Å². The first-order valence-electron chi connectivity index (χ1n) is 11.4. The van der Waals surface area contributed by atoms with Crippen LogP contribution in [0.5, 0.6) is 5.75 Å². The van der Waals surface area contributed by atoms with Gasteiger partial charge >= 0.3 is 0 Å². The van der Waals surface area contributed by atoms with Crippen LogP contribution in [0, 0.1) is 5.92 Å². The van der Waals surface area contributed by atoms with Crippen molar-refractivity contribution >= 4 is 28.9 Å². The number of hydrogen-bond acceptors (Lipinski definition) is 5. The summed E-state index contributed by atoms with van der Waals surface area (Å²) in [5.74, 6) is -0.733. The van der Waals surface area contributed by atoms with Gasteiger partial charge in [-0.3, -0.25) is 14.5 Å². The molecule has 3 N–H and O–H groups in total. The first kappa shape index (κ1) is 24.2. The van der Waals surface area contributed by atoms with Gasteiger partial charge in [-0.1, -0.05) is 37.3 Å². The molecule has 0 aromatic heterocycles.